The Bertz CT molecular complexity index is 1350. The summed E-state index contributed by atoms with van der Waals surface area (Å²) in [4.78, 5) is 28.9. The van der Waals surface area contributed by atoms with Gasteiger partial charge in [0.2, 0.25) is 5.91 Å². The van der Waals surface area contributed by atoms with Gasteiger partial charge in [0, 0.05) is 24.4 Å². The van der Waals surface area contributed by atoms with E-state index in [1.165, 1.54) is 12.1 Å². The third kappa shape index (κ3) is 6.97. The number of amides is 2. The summed E-state index contributed by atoms with van der Waals surface area (Å²) < 4.78 is 19.6. The summed E-state index contributed by atoms with van der Waals surface area (Å²) in [5, 5.41) is 4.96. The summed E-state index contributed by atoms with van der Waals surface area (Å²) in [5.74, 6) is -0.325. The molecular formula is C32H33FN2O3. The van der Waals surface area contributed by atoms with E-state index in [9.17, 15) is 14.0 Å². The van der Waals surface area contributed by atoms with E-state index in [1.807, 2.05) is 86.6 Å². The van der Waals surface area contributed by atoms with Crippen molar-refractivity contribution in [1.29, 1.82) is 0 Å². The van der Waals surface area contributed by atoms with Gasteiger partial charge in [0.05, 0.1) is 0 Å². The Kier molecular flexibility index (Phi) is 9.09. The summed E-state index contributed by atoms with van der Waals surface area (Å²) in [7, 11) is 0. The highest BCUT2D eigenvalue weighted by Gasteiger charge is 2.31. The van der Waals surface area contributed by atoms with Crippen molar-refractivity contribution in [1.82, 2.24) is 10.2 Å². The van der Waals surface area contributed by atoms with E-state index in [1.54, 1.807) is 17.0 Å². The molecule has 1 N–H and O–H groups in total. The van der Waals surface area contributed by atoms with Crippen LogP contribution in [0.1, 0.15) is 31.4 Å². The van der Waals surface area contributed by atoms with Gasteiger partial charge in [-0.1, -0.05) is 85.8 Å². The van der Waals surface area contributed by atoms with E-state index >= 15 is 0 Å². The predicted molar refractivity (Wildman–Crippen MR) is 148 cm³/mol. The lowest BCUT2D eigenvalue weighted by atomic mass is 10.0. The lowest BCUT2D eigenvalue weighted by Gasteiger charge is -2.32. The van der Waals surface area contributed by atoms with Gasteiger partial charge in [-0.3, -0.25) is 9.59 Å². The summed E-state index contributed by atoms with van der Waals surface area (Å²) in [6, 6.07) is 28.3. The van der Waals surface area contributed by atoms with Crippen LogP contribution in [0.25, 0.3) is 10.8 Å². The molecule has 2 amide bonds. The Hall–Kier alpha value is -4.19. The molecule has 0 unspecified atom stereocenters. The van der Waals surface area contributed by atoms with Crippen LogP contribution in [-0.4, -0.2) is 35.4 Å². The highest BCUT2D eigenvalue weighted by Crippen LogP contribution is 2.25. The Morgan fingerprint density at radius 3 is 2.29 bits per heavy atom. The molecule has 5 nitrogen and oxygen atoms in total. The number of ether oxygens (including phenoxy) is 1. The molecule has 0 aliphatic carbocycles. The number of hydrogen-bond acceptors (Lipinski definition) is 3. The van der Waals surface area contributed by atoms with Crippen LogP contribution in [0.4, 0.5) is 4.39 Å². The average molecular weight is 513 g/mol. The largest absolute Gasteiger partial charge is 0.483 e. The van der Waals surface area contributed by atoms with Crippen molar-refractivity contribution in [2.45, 2.75) is 45.3 Å². The van der Waals surface area contributed by atoms with E-state index in [0.717, 1.165) is 28.3 Å². The van der Waals surface area contributed by atoms with Crippen molar-refractivity contribution in [3.05, 3.63) is 114 Å². The average Bonchev–Trinajstić information content (AvgIpc) is 2.95. The van der Waals surface area contributed by atoms with Crippen molar-refractivity contribution in [2.75, 3.05) is 6.61 Å². The van der Waals surface area contributed by atoms with Crippen molar-refractivity contribution < 1.29 is 18.7 Å². The van der Waals surface area contributed by atoms with Gasteiger partial charge in [0.15, 0.2) is 6.61 Å². The molecule has 0 saturated carbocycles. The Morgan fingerprint density at radius 1 is 0.868 bits per heavy atom. The van der Waals surface area contributed by atoms with E-state index in [4.69, 9.17) is 4.74 Å². The monoisotopic (exact) mass is 512 g/mol. The zero-order chi connectivity index (χ0) is 26.9. The molecule has 0 radical (unpaired) electrons. The van der Waals surface area contributed by atoms with Crippen LogP contribution in [0.3, 0.4) is 0 Å². The number of carbonyl (C=O) groups is 2. The normalized spacial score (nSPS) is 12.5. The number of halogens is 1. The van der Waals surface area contributed by atoms with Crippen molar-refractivity contribution in [3.8, 4) is 5.75 Å². The minimum Gasteiger partial charge on any atom is -0.483 e. The number of nitrogens with zero attached hydrogens (tertiary/aromatic N) is 1. The maximum Gasteiger partial charge on any atom is 0.261 e. The fraction of sp³-hybridized carbons (Fsp3) is 0.250. The fourth-order valence-electron chi connectivity index (χ4n) is 4.33. The van der Waals surface area contributed by atoms with Crippen LogP contribution in [-0.2, 0) is 22.6 Å². The second kappa shape index (κ2) is 12.9. The minimum absolute atomic E-state index is 0.0459. The molecule has 0 spiro atoms. The zero-order valence-electron chi connectivity index (χ0n) is 21.8. The standard InChI is InChI=1S/C32H33FN2O3/c1-3-23(2)34-32(37)29(20-24-10-5-4-6-11-24)35(21-25-16-18-27(33)19-17-25)31(36)22-38-30-15-9-13-26-12-7-8-14-28(26)30/h4-19,23,29H,3,20-22H2,1-2H3,(H,34,37)/t23-,29+/m1/s1. The smallest absolute Gasteiger partial charge is 0.261 e. The summed E-state index contributed by atoms with van der Waals surface area (Å²) in [5.41, 5.74) is 1.66. The first-order valence-electron chi connectivity index (χ1n) is 12.9. The lowest BCUT2D eigenvalue weighted by molar-refractivity contribution is -0.143. The van der Waals surface area contributed by atoms with Gasteiger partial charge >= 0.3 is 0 Å². The Balaban J connectivity index is 1.64. The molecule has 4 rings (SSSR count). The topological polar surface area (TPSA) is 58.6 Å². The maximum absolute atomic E-state index is 13.8. The molecule has 0 bridgehead atoms. The molecular weight excluding hydrogens is 479 g/mol. The molecule has 2 atom stereocenters. The van der Waals surface area contributed by atoms with Crippen molar-refractivity contribution >= 4 is 22.6 Å². The first kappa shape index (κ1) is 26.9. The van der Waals surface area contributed by atoms with E-state index < -0.39 is 6.04 Å². The quantitative estimate of drug-likeness (QED) is 0.272. The summed E-state index contributed by atoms with van der Waals surface area (Å²) >= 11 is 0. The summed E-state index contributed by atoms with van der Waals surface area (Å²) in [6.07, 6.45) is 1.10. The number of hydrogen-bond donors (Lipinski definition) is 1. The molecule has 0 aliphatic heterocycles. The van der Waals surface area contributed by atoms with Gasteiger partial charge < -0.3 is 15.0 Å². The van der Waals surface area contributed by atoms with Crippen LogP contribution >= 0.6 is 0 Å². The fourth-order valence-corrected chi connectivity index (χ4v) is 4.33. The second-order valence-electron chi connectivity index (χ2n) is 9.44. The SMILES string of the molecule is CC[C@@H](C)NC(=O)[C@H](Cc1ccccc1)N(Cc1ccc(F)cc1)C(=O)COc1cccc2ccccc12. The molecule has 4 aromatic carbocycles. The van der Waals surface area contributed by atoms with Crippen molar-refractivity contribution in [3.63, 3.8) is 0 Å². The molecule has 6 heteroatoms. The van der Waals surface area contributed by atoms with Crippen LogP contribution in [0, 0.1) is 5.82 Å². The third-order valence-corrected chi connectivity index (χ3v) is 6.64. The van der Waals surface area contributed by atoms with E-state index in [2.05, 4.69) is 5.32 Å². The molecule has 0 aliphatic rings. The molecule has 0 saturated heterocycles. The molecule has 38 heavy (non-hydrogen) atoms. The molecule has 0 aromatic heterocycles. The van der Waals surface area contributed by atoms with Crippen LogP contribution < -0.4 is 10.1 Å². The molecule has 0 heterocycles. The van der Waals surface area contributed by atoms with Crippen LogP contribution in [0.5, 0.6) is 5.75 Å². The van der Waals surface area contributed by atoms with E-state index in [0.29, 0.717) is 12.2 Å². The summed E-state index contributed by atoms with van der Waals surface area (Å²) in [6.45, 7) is 3.84. The van der Waals surface area contributed by atoms with Crippen LogP contribution in [0.2, 0.25) is 0 Å². The number of benzene rings is 4. The van der Waals surface area contributed by atoms with Gasteiger partial charge in [-0.05, 0) is 48.1 Å². The Morgan fingerprint density at radius 2 is 1.55 bits per heavy atom. The lowest BCUT2D eigenvalue weighted by Crippen LogP contribution is -2.53. The molecule has 4 aromatic rings. The predicted octanol–water partition coefficient (Wildman–Crippen LogP) is 5.91. The number of nitrogens with one attached hydrogen (secondary N) is 1. The second-order valence-corrected chi connectivity index (χ2v) is 9.44. The third-order valence-electron chi connectivity index (χ3n) is 6.64. The minimum atomic E-state index is -0.778. The van der Waals surface area contributed by atoms with Crippen LogP contribution in [0.15, 0.2) is 97.1 Å². The molecule has 0 fully saturated rings. The maximum atomic E-state index is 13.8. The van der Waals surface area contributed by atoms with Gasteiger partial charge in [-0.25, -0.2) is 4.39 Å². The van der Waals surface area contributed by atoms with Gasteiger partial charge in [-0.15, -0.1) is 0 Å². The zero-order valence-corrected chi connectivity index (χ0v) is 21.8. The highest BCUT2D eigenvalue weighted by atomic mass is 19.1. The molecule has 196 valence electrons. The highest BCUT2D eigenvalue weighted by molar-refractivity contribution is 5.90. The Labute approximate surface area is 223 Å². The van der Waals surface area contributed by atoms with Gasteiger partial charge in [-0.2, -0.15) is 0 Å². The van der Waals surface area contributed by atoms with E-state index in [-0.39, 0.29) is 36.8 Å². The first-order valence-corrected chi connectivity index (χ1v) is 12.9. The van der Waals surface area contributed by atoms with Gasteiger partial charge in [0.25, 0.3) is 5.91 Å². The number of carbonyl (C=O) groups excluding carboxylic acids is 2. The number of fused-ring (bicyclic) bond motifs is 1. The van der Waals surface area contributed by atoms with Crippen molar-refractivity contribution in [2.24, 2.45) is 0 Å². The first-order chi connectivity index (χ1) is 18.4. The number of rotatable bonds is 11. The van der Waals surface area contributed by atoms with Gasteiger partial charge in [0.1, 0.15) is 17.6 Å².